The zero-order valence-electron chi connectivity index (χ0n) is 14.6. The Kier molecular flexibility index (Phi) is 10.0. The van der Waals surface area contributed by atoms with E-state index >= 15 is 0 Å². The van der Waals surface area contributed by atoms with E-state index in [4.69, 9.17) is 4.74 Å². The molecule has 1 heterocycles. The predicted octanol–water partition coefficient (Wildman–Crippen LogP) is 3.48. The molecule has 0 aliphatic carbocycles. The third-order valence-electron chi connectivity index (χ3n) is 3.98. The molecule has 1 aromatic rings. The topological polar surface area (TPSA) is 46.1 Å². The van der Waals surface area contributed by atoms with Crippen LogP contribution in [0.15, 0.2) is 29.3 Å². The Morgan fingerprint density at radius 3 is 2.60 bits per heavy atom. The first-order valence-corrected chi connectivity index (χ1v) is 8.24. The lowest BCUT2D eigenvalue weighted by Gasteiger charge is -2.34. The fourth-order valence-corrected chi connectivity index (χ4v) is 2.84. The summed E-state index contributed by atoms with van der Waals surface area (Å²) in [5.74, 6) is 0.947. The van der Waals surface area contributed by atoms with Crippen LogP contribution in [-0.4, -0.2) is 50.3 Å². The van der Waals surface area contributed by atoms with Gasteiger partial charge in [0.25, 0.3) is 0 Å². The summed E-state index contributed by atoms with van der Waals surface area (Å²) in [7, 11) is 1.72. The summed E-state index contributed by atoms with van der Waals surface area (Å²) in [5, 5.41) is 3.23. The van der Waals surface area contributed by atoms with E-state index in [1.165, 1.54) is 0 Å². The van der Waals surface area contributed by atoms with Crippen molar-refractivity contribution < 1.29 is 18.3 Å². The van der Waals surface area contributed by atoms with E-state index in [1.54, 1.807) is 31.3 Å². The van der Waals surface area contributed by atoms with Crippen LogP contribution in [0.4, 0.5) is 8.78 Å². The summed E-state index contributed by atoms with van der Waals surface area (Å²) < 4.78 is 35.1. The van der Waals surface area contributed by atoms with Crippen LogP contribution in [0.1, 0.15) is 25.3 Å². The van der Waals surface area contributed by atoms with Crippen LogP contribution in [0.3, 0.4) is 0 Å². The van der Waals surface area contributed by atoms with E-state index in [0.29, 0.717) is 18.2 Å². The number of benzene rings is 1. The van der Waals surface area contributed by atoms with Gasteiger partial charge in [-0.25, -0.2) is 0 Å². The molecule has 142 valence electrons. The van der Waals surface area contributed by atoms with E-state index in [2.05, 4.69) is 19.9 Å². The number of guanidine groups is 1. The van der Waals surface area contributed by atoms with E-state index in [1.807, 2.05) is 6.92 Å². The lowest BCUT2D eigenvalue weighted by molar-refractivity contribution is -0.0504. The third-order valence-corrected chi connectivity index (χ3v) is 3.98. The quantitative estimate of drug-likeness (QED) is 0.394. The second-order valence-corrected chi connectivity index (χ2v) is 5.53. The van der Waals surface area contributed by atoms with Gasteiger partial charge in [0.1, 0.15) is 5.75 Å². The highest BCUT2D eigenvalue weighted by atomic mass is 127. The summed E-state index contributed by atoms with van der Waals surface area (Å²) in [4.78, 5) is 6.45. The highest BCUT2D eigenvalue weighted by Gasteiger charge is 2.21. The number of likely N-dealkylation sites (tertiary alicyclic amines) is 1. The van der Waals surface area contributed by atoms with E-state index < -0.39 is 6.61 Å². The van der Waals surface area contributed by atoms with Gasteiger partial charge < -0.3 is 19.7 Å². The maximum absolute atomic E-state index is 12.5. The molecule has 1 aliphatic heterocycles. The number of halogens is 3. The number of nitrogens with one attached hydrogen (secondary N) is 1. The molecule has 0 saturated carbocycles. The summed E-state index contributed by atoms with van der Waals surface area (Å²) in [6.45, 7) is 2.01. The van der Waals surface area contributed by atoms with Gasteiger partial charge in [-0.2, -0.15) is 8.78 Å². The highest BCUT2D eigenvalue weighted by molar-refractivity contribution is 14.0. The minimum atomic E-state index is -2.83. The number of nitrogens with zero attached hydrogens (tertiary/aromatic N) is 2. The largest absolute Gasteiger partial charge is 0.434 e. The predicted molar refractivity (Wildman–Crippen MR) is 105 cm³/mol. The van der Waals surface area contributed by atoms with Crippen LogP contribution in [0.2, 0.25) is 0 Å². The zero-order chi connectivity index (χ0) is 17.4. The molecule has 0 spiro atoms. The standard InChI is InChI=1S/C17H25F2N3O2.HI/c1-3-23-14-8-10-22(11-9-14)17(20-2)21-12-13-6-4-5-7-15(13)24-16(18)19;/h4-7,14,16H,3,8-12H2,1-2H3,(H,20,21);1H. The van der Waals surface area contributed by atoms with Gasteiger partial charge in [-0.15, -0.1) is 24.0 Å². The number of hydrogen-bond acceptors (Lipinski definition) is 3. The van der Waals surface area contributed by atoms with Crippen molar-refractivity contribution in [3.8, 4) is 5.75 Å². The summed E-state index contributed by atoms with van der Waals surface area (Å²) >= 11 is 0. The van der Waals surface area contributed by atoms with Crippen LogP contribution < -0.4 is 10.1 Å². The van der Waals surface area contributed by atoms with Crippen LogP contribution in [0.25, 0.3) is 0 Å². The van der Waals surface area contributed by atoms with Gasteiger partial charge >= 0.3 is 6.61 Å². The first-order chi connectivity index (χ1) is 11.6. The van der Waals surface area contributed by atoms with Crippen LogP contribution in [0.5, 0.6) is 5.75 Å². The fraction of sp³-hybridized carbons (Fsp3) is 0.588. The molecule has 2 rings (SSSR count). The minimum absolute atomic E-state index is 0. The Labute approximate surface area is 164 Å². The average Bonchev–Trinajstić information content (AvgIpc) is 2.58. The molecule has 0 amide bonds. The number of ether oxygens (including phenoxy) is 2. The molecule has 1 fully saturated rings. The fourth-order valence-electron chi connectivity index (χ4n) is 2.84. The SMILES string of the molecule is CCOC1CCN(C(=NC)NCc2ccccc2OC(F)F)CC1.I. The molecular formula is C17H26F2IN3O2. The Bertz CT molecular complexity index is 538. The van der Waals surface area contributed by atoms with Crippen molar-refractivity contribution in [3.63, 3.8) is 0 Å². The number of piperidine rings is 1. The van der Waals surface area contributed by atoms with Crippen molar-refractivity contribution in [3.05, 3.63) is 29.8 Å². The van der Waals surface area contributed by atoms with Crippen LogP contribution in [0, 0.1) is 0 Å². The van der Waals surface area contributed by atoms with Crippen molar-refractivity contribution >= 4 is 29.9 Å². The first-order valence-electron chi connectivity index (χ1n) is 8.24. The Morgan fingerprint density at radius 1 is 1.32 bits per heavy atom. The number of aliphatic imine (C=N–C) groups is 1. The molecule has 1 aromatic carbocycles. The Balaban J connectivity index is 0.00000312. The molecule has 8 heteroatoms. The van der Waals surface area contributed by atoms with Crippen molar-refractivity contribution in [1.82, 2.24) is 10.2 Å². The molecule has 1 aliphatic rings. The minimum Gasteiger partial charge on any atom is -0.434 e. The molecule has 25 heavy (non-hydrogen) atoms. The number of alkyl halides is 2. The van der Waals surface area contributed by atoms with Gasteiger partial charge in [-0.3, -0.25) is 4.99 Å². The Morgan fingerprint density at radius 2 is 2.00 bits per heavy atom. The molecule has 0 aromatic heterocycles. The summed E-state index contributed by atoms with van der Waals surface area (Å²) in [6, 6.07) is 6.78. The second kappa shape index (κ2) is 11.5. The molecular weight excluding hydrogens is 443 g/mol. The van der Waals surface area contributed by atoms with E-state index in [-0.39, 0.29) is 29.7 Å². The molecule has 0 radical (unpaired) electrons. The van der Waals surface area contributed by atoms with E-state index in [9.17, 15) is 8.78 Å². The van der Waals surface area contributed by atoms with Crippen LogP contribution in [-0.2, 0) is 11.3 Å². The lowest BCUT2D eigenvalue weighted by Crippen LogP contribution is -2.46. The molecule has 1 N–H and O–H groups in total. The van der Waals surface area contributed by atoms with Gasteiger partial charge in [0.05, 0.1) is 6.10 Å². The normalized spacial score (nSPS) is 15.9. The Hall–Kier alpha value is -1.16. The summed E-state index contributed by atoms with van der Waals surface area (Å²) in [5.41, 5.74) is 0.670. The molecule has 1 saturated heterocycles. The van der Waals surface area contributed by atoms with Gasteiger partial charge in [0.2, 0.25) is 0 Å². The monoisotopic (exact) mass is 469 g/mol. The average molecular weight is 469 g/mol. The smallest absolute Gasteiger partial charge is 0.387 e. The third kappa shape index (κ3) is 6.93. The number of para-hydroxylation sites is 1. The lowest BCUT2D eigenvalue weighted by atomic mass is 10.1. The maximum atomic E-state index is 12.5. The highest BCUT2D eigenvalue weighted by Crippen LogP contribution is 2.20. The first kappa shape index (κ1) is 21.9. The van der Waals surface area contributed by atoms with Gasteiger partial charge in [-0.05, 0) is 25.8 Å². The van der Waals surface area contributed by atoms with Gasteiger partial charge in [-0.1, -0.05) is 18.2 Å². The van der Waals surface area contributed by atoms with Crippen molar-refractivity contribution in [2.45, 2.75) is 39.0 Å². The number of rotatable bonds is 6. The number of hydrogen-bond donors (Lipinski definition) is 1. The zero-order valence-corrected chi connectivity index (χ0v) is 16.9. The van der Waals surface area contributed by atoms with Gasteiger partial charge in [0.15, 0.2) is 5.96 Å². The van der Waals surface area contributed by atoms with Crippen molar-refractivity contribution in [2.24, 2.45) is 4.99 Å². The second-order valence-electron chi connectivity index (χ2n) is 5.53. The summed E-state index contributed by atoms with van der Waals surface area (Å²) in [6.07, 6.45) is 2.23. The van der Waals surface area contributed by atoms with Crippen molar-refractivity contribution in [2.75, 3.05) is 26.7 Å². The van der Waals surface area contributed by atoms with Crippen molar-refractivity contribution in [1.29, 1.82) is 0 Å². The molecule has 0 atom stereocenters. The van der Waals surface area contributed by atoms with E-state index in [0.717, 1.165) is 38.5 Å². The van der Waals surface area contributed by atoms with Gasteiger partial charge in [0, 0.05) is 38.9 Å². The van der Waals surface area contributed by atoms with Crippen LogP contribution >= 0.6 is 24.0 Å². The molecule has 5 nitrogen and oxygen atoms in total. The molecule has 0 bridgehead atoms. The maximum Gasteiger partial charge on any atom is 0.387 e. The molecule has 0 unspecified atom stereocenters.